The number of aromatic amines is 1. The van der Waals surface area contributed by atoms with Crippen LogP contribution in [0.1, 0.15) is 11.1 Å². The summed E-state index contributed by atoms with van der Waals surface area (Å²) >= 11 is 0. The van der Waals surface area contributed by atoms with E-state index in [1.54, 1.807) is 38.6 Å². The number of amides is 2. The normalized spacial score (nSPS) is 10.5. The van der Waals surface area contributed by atoms with Gasteiger partial charge in [-0.3, -0.25) is 14.7 Å². The van der Waals surface area contributed by atoms with Crippen molar-refractivity contribution in [2.24, 2.45) is 0 Å². The van der Waals surface area contributed by atoms with Gasteiger partial charge in [0.15, 0.2) is 6.61 Å². The number of rotatable bonds is 7. The van der Waals surface area contributed by atoms with Gasteiger partial charge in [-0.2, -0.15) is 10.2 Å². The van der Waals surface area contributed by atoms with E-state index in [4.69, 9.17) is 9.57 Å². The van der Waals surface area contributed by atoms with Gasteiger partial charge in [-0.1, -0.05) is 42.0 Å². The number of hydrogen-bond acceptors (Lipinski definition) is 5. The maximum absolute atomic E-state index is 12.7. The van der Waals surface area contributed by atoms with Crippen molar-refractivity contribution in [1.82, 2.24) is 15.1 Å². The second-order valence-corrected chi connectivity index (χ2v) is 6.93. The van der Waals surface area contributed by atoms with E-state index in [1.807, 2.05) is 43.3 Å². The molecule has 0 aliphatic rings. The third-order valence-electron chi connectivity index (χ3n) is 4.36. The fraction of sp³-hybridized carbons (Fsp3) is 0.227. The van der Waals surface area contributed by atoms with Gasteiger partial charge < -0.3 is 9.64 Å². The predicted molar refractivity (Wildman–Crippen MR) is 113 cm³/mol. The SMILES string of the molecule is Cc1cccc(COC(=O)N(OCC(=O)N(C)C)c2ccc(-c3cn[nH]c3)cc2)c1. The van der Waals surface area contributed by atoms with Crippen molar-refractivity contribution < 1.29 is 19.2 Å². The molecule has 1 N–H and O–H groups in total. The fourth-order valence-corrected chi connectivity index (χ4v) is 2.69. The van der Waals surface area contributed by atoms with Crippen LogP contribution in [0, 0.1) is 6.92 Å². The summed E-state index contributed by atoms with van der Waals surface area (Å²) in [5, 5.41) is 7.69. The Morgan fingerprint density at radius 2 is 1.83 bits per heavy atom. The van der Waals surface area contributed by atoms with Crippen LogP contribution in [0.5, 0.6) is 0 Å². The molecule has 8 nitrogen and oxygen atoms in total. The zero-order valence-electron chi connectivity index (χ0n) is 17.2. The molecule has 1 heterocycles. The number of carbonyl (C=O) groups is 2. The predicted octanol–water partition coefficient (Wildman–Crippen LogP) is 3.55. The molecule has 3 rings (SSSR count). The molecule has 8 heteroatoms. The van der Waals surface area contributed by atoms with Crippen LogP contribution in [0.4, 0.5) is 10.5 Å². The third kappa shape index (κ3) is 5.45. The zero-order valence-corrected chi connectivity index (χ0v) is 17.2. The number of H-pyrrole nitrogens is 1. The lowest BCUT2D eigenvalue weighted by Crippen LogP contribution is -2.36. The molecule has 156 valence electrons. The van der Waals surface area contributed by atoms with Crippen molar-refractivity contribution in [2.75, 3.05) is 25.8 Å². The summed E-state index contributed by atoms with van der Waals surface area (Å²) in [6, 6.07) is 14.8. The molecule has 0 aliphatic heterocycles. The molecule has 0 fully saturated rings. The van der Waals surface area contributed by atoms with Crippen molar-refractivity contribution in [1.29, 1.82) is 0 Å². The van der Waals surface area contributed by atoms with Crippen LogP contribution in [0.3, 0.4) is 0 Å². The topological polar surface area (TPSA) is 87.8 Å². The summed E-state index contributed by atoms with van der Waals surface area (Å²) < 4.78 is 5.42. The van der Waals surface area contributed by atoms with Crippen molar-refractivity contribution in [3.8, 4) is 11.1 Å². The third-order valence-corrected chi connectivity index (χ3v) is 4.36. The highest BCUT2D eigenvalue weighted by Gasteiger charge is 2.21. The van der Waals surface area contributed by atoms with Gasteiger partial charge >= 0.3 is 6.09 Å². The van der Waals surface area contributed by atoms with E-state index in [0.29, 0.717) is 5.69 Å². The number of aryl methyl sites for hydroxylation is 1. The molecule has 30 heavy (non-hydrogen) atoms. The first kappa shape index (κ1) is 21.1. The van der Waals surface area contributed by atoms with Gasteiger partial charge in [0.1, 0.15) is 6.61 Å². The first-order valence-electron chi connectivity index (χ1n) is 9.39. The summed E-state index contributed by atoms with van der Waals surface area (Å²) in [5.74, 6) is -0.276. The standard InChI is InChI=1S/C22H24N4O4/c1-16-5-4-6-17(11-16)14-29-22(28)26(30-15-21(27)25(2)3)20-9-7-18(8-10-20)19-12-23-24-13-19/h4-13H,14-15H2,1-3H3,(H,23,24). The Morgan fingerprint density at radius 3 is 2.47 bits per heavy atom. The minimum atomic E-state index is -0.709. The Balaban J connectivity index is 1.75. The molecule has 2 amide bonds. The molecule has 0 spiro atoms. The summed E-state index contributed by atoms with van der Waals surface area (Å²) in [7, 11) is 3.23. The maximum atomic E-state index is 12.7. The molecule has 0 unspecified atom stereocenters. The number of likely N-dealkylation sites (N-methyl/N-ethyl adjacent to an activating group) is 1. The van der Waals surface area contributed by atoms with Gasteiger partial charge in [0, 0.05) is 25.9 Å². The monoisotopic (exact) mass is 408 g/mol. The number of hydroxylamine groups is 1. The number of benzene rings is 2. The largest absolute Gasteiger partial charge is 0.443 e. The Kier molecular flexibility index (Phi) is 6.82. The minimum absolute atomic E-state index is 0.0924. The number of nitrogens with zero attached hydrogens (tertiary/aromatic N) is 3. The average molecular weight is 408 g/mol. The van der Waals surface area contributed by atoms with E-state index in [2.05, 4.69) is 10.2 Å². The lowest BCUT2D eigenvalue weighted by Gasteiger charge is -2.22. The summed E-state index contributed by atoms with van der Waals surface area (Å²) in [5.41, 5.74) is 4.22. The van der Waals surface area contributed by atoms with Crippen LogP contribution in [0.15, 0.2) is 60.9 Å². The highest BCUT2D eigenvalue weighted by atomic mass is 16.7. The van der Waals surface area contributed by atoms with Gasteiger partial charge in [-0.15, -0.1) is 0 Å². The smallest absolute Gasteiger partial charge is 0.439 e. The number of nitrogens with one attached hydrogen (secondary N) is 1. The molecule has 2 aromatic carbocycles. The second kappa shape index (κ2) is 9.71. The van der Waals surface area contributed by atoms with E-state index < -0.39 is 6.09 Å². The minimum Gasteiger partial charge on any atom is -0.443 e. The van der Waals surface area contributed by atoms with Crippen molar-refractivity contribution in [2.45, 2.75) is 13.5 Å². The Hall–Kier alpha value is -3.65. The van der Waals surface area contributed by atoms with E-state index >= 15 is 0 Å². The van der Waals surface area contributed by atoms with Crippen LogP contribution in [0.25, 0.3) is 11.1 Å². The highest BCUT2D eigenvalue weighted by molar-refractivity contribution is 5.86. The van der Waals surface area contributed by atoms with Gasteiger partial charge in [-0.05, 0) is 30.2 Å². The first-order chi connectivity index (χ1) is 14.4. The molecule has 0 bridgehead atoms. The molecule has 0 saturated carbocycles. The summed E-state index contributed by atoms with van der Waals surface area (Å²) in [6.45, 7) is 1.76. The molecular formula is C22H24N4O4. The summed E-state index contributed by atoms with van der Waals surface area (Å²) in [4.78, 5) is 31.6. The number of ether oxygens (including phenoxy) is 1. The quantitative estimate of drug-likeness (QED) is 0.604. The van der Waals surface area contributed by atoms with Crippen LogP contribution in [-0.2, 0) is 21.0 Å². The van der Waals surface area contributed by atoms with Crippen LogP contribution in [0.2, 0.25) is 0 Å². The fourth-order valence-electron chi connectivity index (χ4n) is 2.69. The van der Waals surface area contributed by atoms with Crippen LogP contribution in [-0.4, -0.2) is 47.8 Å². The van der Waals surface area contributed by atoms with Crippen LogP contribution >= 0.6 is 0 Å². The Bertz CT molecular complexity index is 985. The van der Waals surface area contributed by atoms with E-state index in [-0.39, 0.29) is 19.1 Å². The Labute approximate surface area is 175 Å². The van der Waals surface area contributed by atoms with Crippen molar-refractivity contribution in [3.05, 3.63) is 72.1 Å². The maximum Gasteiger partial charge on any atom is 0.439 e. The van der Waals surface area contributed by atoms with Gasteiger partial charge in [0.2, 0.25) is 0 Å². The lowest BCUT2D eigenvalue weighted by atomic mass is 10.1. The van der Waals surface area contributed by atoms with Crippen molar-refractivity contribution >= 4 is 17.7 Å². The number of aromatic nitrogens is 2. The number of hydrogen-bond donors (Lipinski definition) is 1. The molecule has 0 saturated heterocycles. The number of anilines is 1. The highest BCUT2D eigenvalue weighted by Crippen LogP contribution is 2.23. The van der Waals surface area contributed by atoms with Gasteiger partial charge in [0.05, 0.1) is 11.9 Å². The average Bonchev–Trinajstić information content (AvgIpc) is 3.27. The second-order valence-electron chi connectivity index (χ2n) is 6.93. The lowest BCUT2D eigenvalue weighted by molar-refractivity contribution is -0.133. The van der Waals surface area contributed by atoms with Crippen molar-refractivity contribution in [3.63, 3.8) is 0 Å². The Morgan fingerprint density at radius 1 is 1.07 bits per heavy atom. The molecule has 0 atom stereocenters. The van der Waals surface area contributed by atoms with E-state index in [9.17, 15) is 9.59 Å². The van der Waals surface area contributed by atoms with E-state index in [0.717, 1.165) is 27.3 Å². The van der Waals surface area contributed by atoms with Gasteiger partial charge in [-0.25, -0.2) is 4.79 Å². The first-order valence-corrected chi connectivity index (χ1v) is 9.39. The molecule has 1 aromatic heterocycles. The zero-order chi connectivity index (χ0) is 21.5. The molecule has 3 aromatic rings. The summed E-state index contributed by atoms with van der Waals surface area (Å²) in [6.07, 6.45) is 2.77. The molecule has 0 aliphatic carbocycles. The van der Waals surface area contributed by atoms with Gasteiger partial charge in [0.25, 0.3) is 5.91 Å². The number of carbonyl (C=O) groups excluding carboxylic acids is 2. The van der Waals surface area contributed by atoms with Crippen LogP contribution < -0.4 is 5.06 Å². The molecule has 0 radical (unpaired) electrons. The molecular weight excluding hydrogens is 384 g/mol. The van der Waals surface area contributed by atoms with E-state index in [1.165, 1.54) is 4.90 Å².